The first-order valence-electron chi connectivity index (χ1n) is 10.5. The highest BCUT2D eigenvalue weighted by atomic mass is 32.2. The van der Waals surface area contributed by atoms with E-state index in [4.69, 9.17) is 4.98 Å². The number of thiazole rings is 1. The number of fused-ring (bicyclic) bond motifs is 1. The Bertz CT molecular complexity index is 966. The summed E-state index contributed by atoms with van der Waals surface area (Å²) in [5.41, 5.74) is 3.55. The number of hydrogen-bond acceptors (Lipinski definition) is 5. The third kappa shape index (κ3) is 6.30. The summed E-state index contributed by atoms with van der Waals surface area (Å²) in [6.07, 6.45) is 2.41. The molecule has 3 aromatic rings. The lowest BCUT2D eigenvalue weighted by atomic mass is 10.2. The Labute approximate surface area is 188 Å². The van der Waals surface area contributed by atoms with E-state index in [1.807, 2.05) is 30.8 Å². The van der Waals surface area contributed by atoms with Crippen LogP contribution in [0.2, 0.25) is 0 Å². The quantitative estimate of drug-likeness (QED) is 0.302. The van der Waals surface area contributed by atoms with Crippen LogP contribution in [0.25, 0.3) is 10.2 Å². The van der Waals surface area contributed by atoms with Crippen molar-refractivity contribution in [2.24, 2.45) is 0 Å². The minimum Gasteiger partial charge on any atom is -0.308 e. The van der Waals surface area contributed by atoms with Gasteiger partial charge in [-0.2, -0.15) is 0 Å². The summed E-state index contributed by atoms with van der Waals surface area (Å²) < 4.78 is 1.15. The molecule has 1 amide bonds. The van der Waals surface area contributed by atoms with Gasteiger partial charge in [0.05, 0.1) is 10.2 Å². The molecule has 4 nitrogen and oxygen atoms in total. The zero-order chi connectivity index (χ0) is 21.5. The van der Waals surface area contributed by atoms with Crippen molar-refractivity contribution >= 4 is 44.4 Å². The van der Waals surface area contributed by atoms with Gasteiger partial charge in [0.15, 0.2) is 5.13 Å². The number of anilines is 1. The predicted molar refractivity (Wildman–Crippen MR) is 131 cm³/mol. The van der Waals surface area contributed by atoms with Crippen molar-refractivity contribution in [2.45, 2.75) is 38.0 Å². The van der Waals surface area contributed by atoms with Gasteiger partial charge in [0.2, 0.25) is 5.91 Å². The number of carbonyl (C=O) groups is 1. The highest BCUT2D eigenvalue weighted by Crippen LogP contribution is 2.30. The molecule has 0 spiro atoms. The van der Waals surface area contributed by atoms with Crippen molar-refractivity contribution in [1.82, 2.24) is 9.88 Å². The highest BCUT2D eigenvalue weighted by Gasteiger charge is 2.19. The van der Waals surface area contributed by atoms with Gasteiger partial charge in [0, 0.05) is 24.4 Å². The average Bonchev–Trinajstić information content (AvgIpc) is 3.15. The maximum atomic E-state index is 13.1. The Balaban J connectivity index is 1.64. The lowest BCUT2D eigenvalue weighted by Crippen LogP contribution is -2.36. The molecule has 6 heteroatoms. The minimum absolute atomic E-state index is 0.163. The van der Waals surface area contributed by atoms with Crippen LogP contribution in [0.15, 0.2) is 47.4 Å². The van der Waals surface area contributed by atoms with Gasteiger partial charge in [0.1, 0.15) is 0 Å². The van der Waals surface area contributed by atoms with Gasteiger partial charge in [0.25, 0.3) is 0 Å². The number of aromatic nitrogens is 1. The standard InChI is InChI=1S/C24H31N3OS2/c1-5-19-10-13-21-22(17-19)30-24(25-21)27(15-14-26(3)4)23(28)7-6-16-29-20-11-8-18(2)9-12-20/h8-13,17H,5-7,14-16H2,1-4H3. The smallest absolute Gasteiger partial charge is 0.228 e. The molecule has 1 aromatic heterocycles. The SMILES string of the molecule is CCc1ccc2nc(N(CCN(C)C)C(=O)CCCSc3ccc(C)cc3)sc2c1. The molecule has 0 bridgehead atoms. The van der Waals surface area contributed by atoms with E-state index in [1.165, 1.54) is 16.0 Å². The summed E-state index contributed by atoms with van der Waals surface area (Å²) >= 11 is 3.44. The van der Waals surface area contributed by atoms with Crippen LogP contribution in [-0.4, -0.2) is 48.7 Å². The summed E-state index contributed by atoms with van der Waals surface area (Å²) in [7, 11) is 4.07. The Morgan fingerprint density at radius 1 is 1.10 bits per heavy atom. The summed E-state index contributed by atoms with van der Waals surface area (Å²) in [6.45, 7) is 5.74. The number of nitrogens with zero attached hydrogens (tertiary/aromatic N) is 3. The predicted octanol–water partition coefficient (Wildman–Crippen LogP) is 5.63. The first-order valence-corrected chi connectivity index (χ1v) is 12.3. The molecular formula is C24H31N3OS2. The Morgan fingerprint density at radius 2 is 1.87 bits per heavy atom. The molecule has 0 saturated heterocycles. The summed E-state index contributed by atoms with van der Waals surface area (Å²) in [4.78, 5) is 23.1. The van der Waals surface area contributed by atoms with E-state index in [1.54, 1.807) is 11.3 Å². The number of carbonyl (C=O) groups excluding carboxylic acids is 1. The molecule has 0 aliphatic rings. The second-order valence-corrected chi connectivity index (χ2v) is 9.94. The number of aryl methyl sites for hydroxylation is 2. The van der Waals surface area contributed by atoms with Gasteiger partial charge in [-0.15, -0.1) is 11.8 Å². The lowest BCUT2D eigenvalue weighted by Gasteiger charge is -2.22. The molecule has 0 saturated carbocycles. The molecule has 0 aliphatic heterocycles. The molecule has 30 heavy (non-hydrogen) atoms. The summed E-state index contributed by atoms with van der Waals surface area (Å²) in [5, 5.41) is 0.816. The second-order valence-electron chi connectivity index (χ2n) is 7.77. The zero-order valence-corrected chi connectivity index (χ0v) is 20.0. The third-order valence-electron chi connectivity index (χ3n) is 4.98. The second kappa shape index (κ2) is 10.9. The van der Waals surface area contributed by atoms with Gasteiger partial charge in [-0.3, -0.25) is 9.69 Å². The average molecular weight is 442 g/mol. The van der Waals surface area contributed by atoms with Crippen molar-refractivity contribution in [3.05, 3.63) is 53.6 Å². The Morgan fingerprint density at radius 3 is 2.57 bits per heavy atom. The van der Waals surface area contributed by atoms with Crippen LogP contribution in [0.5, 0.6) is 0 Å². The van der Waals surface area contributed by atoms with Crippen LogP contribution in [-0.2, 0) is 11.2 Å². The van der Waals surface area contributed by atoms with Gasteiger partial charge in [-0.25, -0.2) is 4.98 Å². The molecule has 2 aromatic carbocycles. The number of rotatable bonds is 10. The summed E-state index contributed by atoms with van der Waals surface area (Å²) in [6, 6.07) is 15.0. The van der Waals surface area contributed by atoms with Crippen molar-refractivity contribution in [3.63, 3.8) is 0 Å². The van der Waals surface area contributed by atoms with Crippen LogP contribution < -0.4 is 4.90 Å². The van der Waals surface area contributed by atoms with Gasteiger partial charge in [-0.1, -0.05) is 42.0 Å². The molecule has 160 valence electrons. The fraction of sp³-hybridized carbons (Fsp3) is 0.417. The topological polar surface area (TPSA) is 36.4 Å². The van der Waals surface area contributed by atoms with E-state index in [0.29, 0.717) is 13.0 Å². The molecule has 0 unspecified atom stereocenters. The van der Waals surface area contributed by atoms with E-state index in [-0.39, 0.29) is 5.91 Å². The molecule has 3 rings (SSSR count). The molecule has 1 heterocycles. The first kappa shape index (κ1) is 22.8. The van der Waals surface area contributed by atoms with Gasteiger partial charge < -0.3 is 4.90 Å². The van der Waals surface area contributed by atoms with Crippen LogP contribution in [0, 0.1) is 6.92 Å². The van der Waals surface area contributed by atoms with E-state index in [2.05, 4.69) is 61.2 Å². The van der Waals surface area contributed by atoms with Crippen molar-refractivity contribution in [1.29, 1.82) is 0 Å². The van der Waals surface area contributed by atoms with Crippen LogP contribution in [0.4, 0.5) is 5.13 Å². The number of amides is 1. The largest absolute Gasteiger partial charge is 0.308 e. The normalized spacial score (nSPS) is 11.4. The zero-order valence-electron chi connectivity index (χ0n) is 18.4. The molecule has 0 atom stereocenters. The fourth-order valence-corrected chi connectivity index (χ4v) is 5.03. The number of thioether (sulfide) groups is 1. The Hall–Kier alpha value is -1.89. The van der Waals surface area contributed by atoms with Crippen LogP contribution in [0.3, 0.4) is 0 Å². The maximum absolute atomic E-state index is 13.1. The van der Waals surface area contributed by atoms with Crippen molar-refractivity contribution in [2.75, 3.05) is 37.8 Å². The van der Waals surface area contributed by atoms with Crippen molar-refractivity contribution in [3.8, 4) is 0 Å². The minimum atomic E-state index is 0.163. The van der Waals surface area contributed by atoms with E-state index in [0.717, 1.165) is 40.5 Å². The molecule has 0 radical (unpaired) electrons. The van der Waals surface area contributed by atoms with Crippen molar-refractivity contribution < 1.29 is 4.79 Å². The monoisotopic (exact) mass is 441 g/mol. The maximum Gasteiger partial charge on any atom is 0.228 e. The summed E-state index contributed by atoms with van der Waals surface area (Å²) in [5.74, 6) is 1.10. The molecule has 0 fully saturated rings. The van der Waals surface area contributed by atoms with Gasteiger partial charge >= 0.3 is 0 Å². The third-order valence-corrected chi connectivity index (χ3v) is 7.12. The first-order chi connectivity index (χ1) is 14.5. The number of benzene rings is 2. The molecule has 0 aliphatic carbocycles. The van der Waals surface area contributed by atoms with E-state index < -0.39 is 0 Å². The van der Waals surface area contributed by atoms with Crippen LogP contribution in [0.1, 0.15) is 30.9 Å². The van der Waals surface area contributed by atoms with E-state index >= 15 is 0 Å². The molecule has 0 N–H and O–H groups in total. The van der Waals surface area contributed by atoms with Gasteiger partial charge in [-0.05, 0) is 69.4 Å². The Kier molecular flexibility index (Phi) is 8.31. The number of likely N-dealkylation sites (N-methyl/N-ethyl adjacent to an activating group) is 1. The fourth-order valence-electron chi connectivity index (χ4n) is 3.10. The lowest BCUT2D eigenvalue weighted by molar-refractivity contribution is -0.118. The van der Waals surface area contributed by atoms with Crippen LogP contribution >= 0.6 is 23.1 Å². The molecular weight excluding hydrogens is 410 g/mol. The highest BCUT2D eigenvalue weighted by molar-refractivity contribution is 7.99. The van der Waals surface area contributed by atoms with E-state index in [9.17, 15) is 4.79 Å². The number of hydrogen-bond donors (Lipinski definition) is 0.